The van der Waals surface area contributed by atoms with Crippen molar-refractivity contribution in [1.82, 2.24) is 9.88 Å². The van der Waals surface area contributed by atoms with E-state index in [2.05, 4.69) is 4.98 Å². The number of likely N-dealkylation sites (tertiary alicyclic amines) is 1. The minimum Gasteiger partial charge on any atom is -0.342 e. The maximum absolute atomic E-state index is 12.3. The van der Waals surface area contributed by atoms with Crippen LogP contribution in [-0.2, 0) is 17.0 Å². The van der Waals surface area contributed by atoms with Crippen molar-refractivity contribution in [2.75, 3.05) is 13.1 Å². The second-order valence-electron chi connectivity index (χ2n) is 5.75. The highest BCUT2D eigenvalue weighted by molar-refractivity contribution is 8.00. The smallest absolute Gasteiger partial charge is 0.228 e. The third kappa shape index (κ3) is 4.88. The van der Waals surface area contributed by atoms with E-state index in [4.69, 9.17) is 23.2 Å². The van der Waals surface area contributed by atoms with E-state index in [1.807, 2.05) is 22.4 Å². The molecule has 3 rings (SSSR count). The number of rotatable bonds is 5. The molecule has 1 aromatic heterocycles. The quantitative estimate of drug-likeness (QED) is 0.638. The number of carbonyl (C=O) groups is 1. The topological polar surface area (TPSA) is 33.2 Å². The normalized spacial score (nSPS) is 14.8. The van der Waals surface area contributed by atoms with Gasteiger partial charge in [-0.25, -0.2) is 4.98 Å². The average molecular weight is 401 g/mol. The average Bonchev–Trinajstić information content (AvgIpc) is 3.02. The summed E-state index contributed by atoms with van der Waals surface area (Å²) < 4.78 is 0.961. The predicted octanol–water partition coefficient (Wildman–Crippen LogP) is 5.30. The maximum Gasteiger partial charge on any atom is 0.228 e. The van der Waals surface area contributed by atoms with Gasteiger partial charge in [0, 0.05) is 34.3 Å². The summed E-state index contributed by atoms with van der Waals surface area (Å²) in [4.78, 5) is 18.8. The second kappa shape index (κ2) is 8.56. The van der Waals surface area contributed by atoms with Crippen LogP contribution in [0.2, 0.25) is 10.0 Å². The van der Waals surface area contributed by atoms with Crippen LogP contribution in [0, 0.1) is 0 Å². The van der Waals surface area contributed by atoms with Crippen LogP contribution >= 0.6 is 46.3 Å². The van der Waals surface area contributed by atoms with Gasteiger partial charge in [-0.1, -0.05) is 41.0 Å². The zero-order chi connectivity index (χ0) is 16.9. The van der Waals surface area contributed by atoms with E-state index in [-0.39, 0.29) is 5.91 Å². The highest BCUT2D eigenvalue weighted by Gasteiger charge is 2.18. The molecule has 0 unspecified atom stereocenters. The Morgan fingerprint density at radius 1 is 1.25 bits per heavy atom. The van der Waals surface area contributed by atoms with Crippen molar-refractivity contribution >= 4 is 52.2 Å². The van der Waals surface area contributed by atoms with E-state index in [1.165, 1.54) is 6.42 Å². The summed E-state index contributed by atoms with van der Waals surface area (Å²) in [5, 5.41) is 3.29. The fourth-order valence-electron chi connectivity index (χ4n) is 2.62. The molecule has 1 amide bonds. The number of piperidine rings is 1. The zero-order valence-electron chi connectivity index (χ0n) is 13.1. The van der Waals surface area contributed by atoms with Gasteiger partial charge in [0.05, 0.1) is 12.1 Å². The van der Waals surface area contributed by atoms with Crippen molar-refractivity contribution in [1.29, 1.82) is 0 Å². The molecule has 0 bridgehead atoms. The van der Waals surface area contributed by atoms with E-state index in [0.717, 1.165) is 47.3 Å². The molecule has 1 saturated heterocycles. The number of nitrogens with zero attached hydrogens (tertiary/aromatic N) is 2. The lowest BCUT2D eigenvalue weighted by Crippen LogP contribution is -2.36. The maximum atomic E-state index is 12.3. The number of hydrogen-bond donors (Lipinski definition) is 0. The fourth-order valence-corrected chi connectivity index (χ4v) is 5.03. The number of amides is 1. The van der Waals surface area contributed by atoms with Crippen molar-refractivity contribution in [3.8, 4) is 0 Å². The van der Waals surface area contributed by atoms with Crippen LogP contribution in [0.3, 0.4) is 0 Å². The first-order valence-corrected chi connectivity index (χ1v) is 10.5. The molecule has 1 fully saturated rings. The van der Waals surface area contributed by atoms with E-state index in [1.54, 1.807) is 29.2 Å². The van der Waals surface area contributed by atoms with Crippen LogP contribution < -0.4 is 0 Å². The Hall–Kier alpha value is -0.750. The highest BCUT2D eigenvalue weighted by Crippen LogP contribution is 2.30. The molecule has 2 heterocycles. The first-order valence-electron chi connectivity index (χ1n) is 7.91. The van der Waals surface area contributed by atoms with Gasteiger partial charge in [-0.05, 0) is 37.0 Å². The Balaban J connectivity index is 1.54. The molecular weight excluding hydrogens is 383 g/mol. The molecule has 2 aromatic rings. The molecule has 0 N–H and O–H groups in total. The van der Waals surface area contributed by atoms with Gasteiger partial charge in [0.2, 0.25) is 5.91 Å². The Morgan fingerprint density at radius 2 is 2.04 bits per heavy atom. The summed E-state index contributed by atoms with van der Waals surface area (Å²) in [6.45, 7) is 1.78. The Bertz CT molecular complexity index is 714. The molecule has 128 valence electrons. The van der Waals surface area contributed by atoms with E-state index >= 15 is 0 Å². The highest BCUT2D eigenvalue weighted by atomic mass is 35.5. The molecule has 7 heteroatoms. The van der Waals surface area contributed by atoms with Crippen LogP contribution in [-0.4, -0.2) is 28.9 Å². The number of aromatic nitrogens is 1. The van der Waals surface area contributed by atoms with Crippen LogP contribution in [0.1, 0.15) is 30.5 Å². The largest absolute Gasteiger partial charge is 0.342 e. The van der Waals surface area contributed by atoms with Crippen molar-refractivity contribution in [3.63, 3.8) is 0 Å². The summed E-state index contributed by atoms with van der Waals surface area (Å²) in [7, 11) is 0. The summed E-state index contributed by atoms with van der Waals surface area (Å²) >= 11 is 15.3. The van der Waals surface area contributed by atoms with Crippen LogP contribution in [0.15, 0.2) is 27.9 Å². The first kappa shape index (κ1) is 18.1. The zero-order valence-corrected chi connectivity index (χ0v) is 16.3. The summed E-state index contributed by atoms with van der Waals surface area (Å²) in [5.74, 6) is 0.931. The van der Waals surface area contributed by atoms with Gasteiger partial charge < -0.3 is 4.90 Å². The second-order valence-corrected chi connectivity index (χ2v) is 8.67. The number of hydrogen-bond acceptors (Lipinski definition) is 4. The summed E-state index contributed by atoms with van der Waals surface area (Å²) in [5.41, 5.74) is 1.90. The molecule has 0 spiro atoms. The van der Waals surface area contributed by atoms with Crippen molar-refractivity contribution in [2.24, 2.45) is 0 Å². The van der Waals surface area contributed by atoms with Gasteiger partial charge in [0.15, 0.2) is 0 Å². The number of benzene rings is 1. The lowest BCUT2D eigenvalue weighted by molar-refractivity contribution is -0.131. The molecule has 1 aromatic carbocycles. The van der Waals surface area contributed by atoms with Gasteiger partial charge in [0.1, 0.15) is 4.34 Å². The SMILES string of the molecule is O=C(Cc1csc(SCc2ccc(Cl)cc2Cl)n1)N1CCCCC1. The summed E-state index contributed by atoms with van der Waals surface area (Å²) in [6.07, 6.45) is 3.87. The third-order valence-electron chi connectivity index (χ3n) is 3.94. The van der Waals surface area contributed by atoms with Crippen LogP contribution in [0.25, 0.3) is 0 Å². The number of thiazole rings is 1. The van der Waals surface area contributed by atoms with Crippen molar-refractivity contribution in [2.45, 2.75) is 35.8 Å². The molecule has 0 saturated carbocycles. The molecule has 0 atom stereocenters. The Morgan fingerprint density at radius 3 is 2.79 bits per heavy atom. The van der Waals surface area contributed by atoms with Gasteiger partial charge in [0.25, 0.3) is 0 Å². The van der Waals surface area contributed by atoms with Gasteiger partial charge >= 0.3 is 0 Å². The predicted molar refractivity (Wildman–Crippen MR) is 102 cm³/mol. The van der Waals surface area contributed by atoms with Gasteiger partial charge in [-0.2, -0.15) is 0 Å². The number of carbonyl (C=O) groups excluding carboxylic acids is 1. The molecule has 3 nitrogen and oxygen atoms in total. The standard InChI is InChI=1S/C17H18Cl2N2OS2/c18-13-5-4-12(15(19)8-13)10-23-17-20-14(11-24-17)9-16(22)21-6-2-1-3-7-21/h4-5,8,11H,1-3,6-7,9-10H2. The van der Waals surface area contributed by atoms with Crippen molar-refractivity contribution in [3.05, 3.63) is 44.9 Å². The third-order valence-corrected chi connectivity index (χ3v) is 6.64. The summed E-state index contributed by atoms with van der Waals surface area (Å²) in [6, 6.07) is 5.53. The first-order chi connectivity index (χ1) is 11.6. The molecule has 24 heavy (non-hydrogen) atoms. The van der Waals surface area contributed by atoms with Gasteiger partial charge in [-0.15, -0.1) is 11.3 Å². The lowest BCUT2D eigenvalue weighted by atomic mass is 10.1. The number of halogens is 2. The Labute approximate surface area is 160 Å². The monoisotopic (exact) mass is 400 g/mol. The molecular formula is C17H18Cl2N2OS2. The molecule has 1 aliphatic heterocycles. The minimum absolute atomic E-state index is 0.192. The fraction of sp³-hybridized carbons (Fsp3) is 0.412. The Kier molecular flexibility index (Phi) is 6.44. The molecule has 0 radical (unpaired) electrons. The van der Waals surface area contributed by atoms with Crippen LogP contribution in [0.5, 0.6) is 0 Å². The van der Waals surface area contributed by atoms with Crippen molar-refractivity contribution < 1.29 is 4.79 Å². The van der Waals surface area contributed by atoms with E-state index < -0.39 is 0 Å². The van der Waals surface area contributed by atoms with E-state index in [0.29, 0.717) is 16.5 Å². The molecule has 0 aliphatic carbocycles. The number of thioether (sulfide) groups is 1. The lowest BCUT2D eigenvalue weighted by Gasteiger charge is -2.26. The van der Waals surface area contributed by atoms with Gasteiger partial charge in [-0.3, -0.25) is 4.79 Å². The van der Waals surface area contributed by atoms with E-state index in [9.17, 15) is 4.79 Å². The van der Waals surface area contributed by atoms with Crippen LogP contribution in [0.4, 0.5) is 0 Å². The molecule has 1 aliphatic rings. The minimum atomic E-state index is 0.192.